The smallest absolute Gasteiger partial charge is 0.321 e. The van der Waals surface area contributed by atoms with Gasteiger partial charge in [-0.3, -0.25) is 24.6 Å². The lowest BCUT2D eigenvalue weighted by Gasteiger charge is -2.22. The number of nitrogens with zero attached hydrogens (tertiary/aromatic N) is 1. The number of amides is 2. The molecular formula is C22H22N2O5. The molecule has 0 aromatic heterocycles. The van der Waals surface area contributed by atoms with E-state index in [1.54, 1.807) is 12.1 Å². The minimum absolute atomic E-state index is 0.0897. The van der Waals surface area contributed by atoms with Crippen molar-refractivity contribution in [2.24, 2.45) is 11.8 Å². The monoisotopic (exact) mass is 394 g/mol. The van der Waals surface area contributed by atoms with E-state index in [9.17, 15) is 19.5 Å². The minimum atomic E-state index is -1.13. The van der Waals surface area contributed by atoms with Crippen molar-refractivity contribution in [3.63, 3.8) is 0 Å². The lowest BCUT2D eigenvalue weighted by molar-refractivity contribution is -0.146. The highest BCUT2D eigenvalue weighted by atomic mass is 16.5. The molecule has 7 heteroatoms. The van der Waals surface area contributed by atoms with Gasteiger partial charge in [-0.05, 0) is 30.2 Å². The first-order valence-corrected chi connectivity index (χ1v) is 9.56. The number of carboxylic acid groups (broad SMARTS) is 1. The molecule has 2 aliphatic rings. The van der Waals surface area contributed by atoms with Crippen LogP contribution in [0.4, 0.5) is 0 Å². The number of imide groups is 1. The molecule has 2 heterocycles. The van der Waals surface area contributed by atoms with E-state index in [0.29, 0.717) is 5.75 Å². The summed E-state index contributed by atoms with van der Waals surface area (Å²) in [6.45, 7) is 2.15. The molecule has 29 heavy (non-hydrogen) atoms. The molecule has 0 aliphatic carbocycles. The number of hydrogen-bond acceptors (Lipinski definition) is 5. The van der Waals surface area contributed by atoms with Crippen LogP contribution in [0.5, 0.6) is 5.75 Å². The third kappa shape index (κ3) is 3.38. The fraction of sp³-hybridized carbons (Fsp3) is 0.318. The maximum atomic E-state index is 13.1. The van der Waals surface area contributed by atoms with Gasteiger partial charge in [0.1, 0.15) is 18.4 Å². The van der Waals surface area contributed by atoms with Crippen LogP contribution >= 0.6 is 0 Å². The van der Waals surface area contributed by atoms with E-state index in [1.807, 2.05) is 49.4 Å². The molecule has 0 radical (unpaired) electrons. The van der Waals surface area contributed by atoms with Crippen molar-refractivity contribution >= 4 is 17.8 Å². The van der Waals surface area contributed by atoms with Crippen molar-refractivity contribution in [2.45, 2.75) is 19.0 Å². The normalized spacial score (nSPS) is 25.9. The molecule has 4 rings (SSSR count). The zero-order chi connectivity index (χ0) is 20.5. The van der Waals surface area contributed by atoms with Crippen molar-refractivity contribution in [3.8, 4) is 5.75 Å². The Morgan fingerprint density at radius 3 is 2.38 bits per heavy atom. The molecule has 2 fully saturated rings. The molecule has 2 amide bonds. The van der Waals surface area contributed by atoms with Gasteiger partial charge in [-0.25, -0.2) is 0 Å². The number of carboxylic acids is 1. The van der Waals surface area contributed by atoms with Gasteiger partial charge in [0, 0.05) is 6.04 Å². The fourth-order valence-electron chi connectivity index (χ4n) is 4.31. The second-order valence-corrected chi connectivity index (χ2v) is 7.36. The van der Waals surface area contributed by atoms with Gasteiger partial charge in [-0.15, -0.1) is 0 Å². The van der Waals surface area contributed by atoms with Gasteiger partial charge in [0.15, 0.2) is 0 Å². The molecule has 7 nitrogen and oxygen atoms in total. The second-order valence-electron chi connectivity index (χ2n) is 7.36. The van der Waals surface area contributed by atoms with Crippen molar-refractivity contribution in [1.29, 1.82) is 0 Å². The van der Waals surface area contributed by atoms with Gasteiger partial charge in [-0.1, -0.05) is 42.5 Å². The number of ether oxygens (including phenoxy) is 1. The molecular weight excluding hydrogens is 372 g/mol. The van der Waals surface area contributed by atoms with Crippen LogP contribution in [0, 0.1) is 18.8 Å². The zero-order valence-electron chi connectivity index (χ0n) is 15.9. The number of carbonyl (C=O) groups is 3. The van der Waals surface area contributed by atoms with E-state index in [4.69, 9.17) is 4.74 Å². The average molecular weight is 394 g/mol. The van der Waals surface area contributed by atoms with Gasteiger partial charge < -0.3 is 9.84 Å². The fourth-order valence-corrected chi connectivity index (χ4v) is 4.31. The van der Waals surface area contributed by atoms with E-state index in [1.165, 1.54) is 0 Å². The Morgan fingerprint density at radius 1 is 1.03 bits per heavy atom. The molecule has 2 aromatic rings. The quantitative estimate of drug-likeness (QED) is 0.725. The Balaban J connectivity index is 1.56. The molecule has 0 saturated carbocycles. The van der Waals surface area contributed by atoms with E-state index < -0.39 is 35.8 Å². The summed E-state index contributed by atoms with van der Waals surface area (Å²) in [4.78, 5) is 39.0. The topological polar surface area (TPSA) is 95.9 Å². The van der Waals surface area contributed by atoms with E-state index in [0.717, 1.165) is 16.0 Å². The van der Waals surface area contributed by atoms with Gasteiger partial charge in [-0.2, -0.15) is 0 Å². The Labute approximate surface area is 168 Å². The van der Waals surface area contributed by atoms with Gasteiger partial charge >= 0.3 is 5.97 Å². The van der Waals surface area contributed by atoms with Gasteiger partial charge in [0.25, 0.3) is 0 Å². The minimum Gasteiger partial charge on any atom is -0.492 e. The summed E-state index contributed by atoms with van der Waals surface area (Å²) in [6.07, 6.45) is 0. The van der Waals surface area contributed by atoms with Crippen LogP contribution in [0.15, 0.2) is 54.6 Å². The number of carbonyl (C=O) groups excluding carboxylic acids is 2. The lowest BCUT2D eigenvalue weighted by Crippen LogP contribution is -2.44. The summed E-state index contributed by atoms with van der Waals surface area (Å²) >= 11 is 0. The third-order valence-corrected chi connectivity index (χ3v) is 5.68. The Kier molecular flexibility index (Phi) is 5.07. The maximum Gasteiger partial charge on any atom is 0.321 e. The average Bonchev–Trinajstić information content (AvgIpc) is 3.22. The van der Waals surface area contributed by atoms with Crippen LogP contribution in [-0.4, -0.2) is 47.0 Å². The first kappa shape index (κ1) is 19.1. The van der Waals surface area contributed by atoms with Crippen LogP contribution in [0.2, 0.25) is 0 Å². The van der Waals surface area contributed by atoms with Gasteiger partial charge in [0.2, 0.25) is 11.8 Å². The molecule has 4 atom stereocenters. The van der Waals surface area contributed by atoms with Crippen LogP contribution in [0.1, 0.15) is 17.2 Å². The highest BCUT2D eigenvalue weighted by Crippen LogP contribution is 2.44. The summed E-state index contributed by atoms with van der Waals surface area (Å²) in [7, 11) is 0. The Morgan fingerprint density at radius 2 is 1.69 bits per heavy atom. The van der Waals surface area contributed by atoms with Crippen molar-refractivity contribution < 1.29 is 24.2 Å². The number of aliphatic carboxylic acids is 1. The third-order valence-electron chi connectivity index (χ3n) is 5.68. The van der Waals surface area contributed by atoms with Crippen LogP contribution in [0.3, 0.4) is 0 Å². The van der Waals surface area contributed by atoms with Crippen LogP contribution in [-0.2, 0) is 14.4 Å². The first-order valence-electron chi connectivity index (χ1n) is 9.56. The number of likely N-dealkylation sites (tertiary alicyclic amines) is 1. The molecule has 4 unspecified atom stereocenters. The molecule has 150 valence electrons. The van der Waals surface area contributed by atoms with Crippen LogP contribution < -0.4 is 10.1 Å². The Hall–Kier alpha value is -3.19. The molecule has 2 aliphatic heterocycles. The molecule has 0 bridgehead atoms. The molecule has 2 aromatic carbocycles. The molecule has 0 spiro atoms. The molecule has 2 saturated heterocycles. The first-order chi connectivity index (χ1) is 14.0. The van der Waals surface area contributed by atoms with E-state index in [2.05, 4.69) is 5.32 Å². The highest BCUT2D eigenvalue weighted by molar-refractivity contribution is 6.08. The molecule has 2 N–H and O–H groups in total. The number of aryl methyl sites for hydroxylation is 1. The summed E-state index contributed by atoms with van der Waals surface area (Å²) in [5, 5.41) is 12.7. The second kappa shape index (κ2) is 7.67. The number of rotatable bonds is 6. The number of benzene rings is 2. The number of nitrogens with one attached hydrogen (secondary N) is 1. The highest BCUT2D eigenvalue weighted by Gasteiger charge is 2.61. The predicted molar refractivity (Wildman–Crippen MR) is 104 cm³/mol. The van der Waals surface area contributed by atoms with Crippen molar-refractivity contribution in [2.75, 3.05) is 13.2 Å². The number of para-hydroxylation sites is 1. The van der Waals surface area contributed by atoms with E-state index in [-0.39, 0.29) is 19.1 Å². The SMILES string of the molecule is Cc1ccccc1C1NC(C(=O)O)C2C(=O)N(CCOc3ccccc3)C(=O)C12. The number of hydrogen-bond donors (Lipinski definition) is 2. The van der Waals surface area contributed by atoms with Crippen LogP contribution in [0.25, 0.3) is 0 Å². The summed E-state index contributed by atoms with van der Waals surface area (Å²) in [6, 6.07) is 15.0. The zero-order valence-corrected chi connectivity index (χ0v) is 15.9. The summed E-state index contributed by atoms with van der Waals surface area (Å²) < 4.78 is 5.61. The Bertz CT molecular complexity index is 945. The largest absolute Gasteiger partial charge is 0.492 e. The number of fused-ring (bicyclic) bond motifs is 1. The standard InChI is InChI=1S/C22H22N2O5/c1-13-7-5-6-10-15(13)18-16-17(19(23-18)22(27)28)21(26)24(20(16)25)11-12-29-14-8-3-2-4-9-14/h2-10,16-19,23H,11-12H2,1H3,(H,27,28). The van der Waals surface area contributed by atoms with E-state index >= 15 is 0 Å². The summed E-state index contributed by atoms with van der Waals surface area (Å²) in [5.41, 5.74) is 1.79. The predicted octanol–water partition coefficient (Wildman–Crippen LogP) is 1.77. The summed E-state index contributed by atoms with van der Waals surface area (Å²) in [5.74, 6) is -2.93. The van der Waals surface area contributed by atoms with Gasteiger partial charge in [0.05, 0.1) is 18.4 Å². The van der Waals surface area contributed by atoms with Crippen molar-refractivity contribution in [1.82, 2.24) is 10.2 Å². The maximum absolute atomic E-state index is 13.1. The van der Waals surface area contributed by atoms with Crippen molar-refractivity contribution in [3.05, 3.63) is 65.7 Å². The lowest BCUT2D eigenvalue weighted by atomic mass is 9.85.